The minimum absolute atomic E-state index is 0. The summed E-state index contributed by atoms with van der Waals surface area (Å²) >= 11 is 0. The van der Waals surface area contributed by atoms with Crippen molar-refractivity contribution in [2.75, 3.05) is 6.54 Å². The first kappa shape index (κ1) is 21.7. The zero-order valence-electron chi connectivity index (χ0n) is 16.1. The van der Waals surface area contributed by atoms with Crippen LogP contribution in [0.25, 0.3) is 0 Å². The van der Waals surface area contributed by atoms with E-state index < -0.39 is 0 Å². The zero-order valence-corrected chi connectivity index (χ0v) is 16.9. The lowest BCUT2D eigenvalue weighted by molar-refractivity contribution is -0.122. The fourth-order valence-electron chi connectivity index (χ4n) is 4.15. The van der Waals surface area contributed by atoms with Crippen molar-refractivity contribution in [1.82, 2.24) is 20.0 Å². The molecule has 1 saturated carbocycles. The number of rotatable bonds is 5. The van der Waals surface area contributed by atoms with E-state index >= 15 is 0 Å². The van der Waals surface area contributed by atoms with Crippen LogP contribution in [0.3, 0.4) is 0 Å². The van der Waals surface area contributed by atoms with Gasteiger partial charge in [0.1, 0.15) is 6.54 Å². The van der Waals surface area contributed by atoms with Gasteiger partial charge in [-0.3, -0.25) is 14.3 Å². The number of nitrogens with one attached hydrogen (secondary N) is 1. The van der Waals surface area contributed by atoms with Gasteiger partial charge in [-0.2, -0.15) is 5.10 Å². The Labute approximate surface area is 167 Å². The Hall–Kier alpha value is -1.60. The Balaban J connectivity index is 0.00000261. The normalized spacial score (nSPS) is 22.0. The van der Waals surface area contributed by atoms with Gasteiger partial charge in [0, 0.05) is 30.9 Å². The molecule has 2 unspecified atom stereocenters. The molecule has 1 aromatic heterocycles. The summed E-state index contributed by atoms with van der Waals surface area (Å²) in [6.45, 7) is 2.84. The highest BCUT2D eigenvalue weighted by atomic mass is 35.5. The lowest BCUT2D eigenvalue weighted by atomic mass is 9.95. The molecule has 2 heterocycles. The molecule has 1 saturated heterocycles. The molecule has 0 spiro atoms. The summed E-state index contributed by atoms with van der Waals surface area (Å²) in [6.07, 6.45) is 12.0. The zero-order chi connectivity index (χ0) is 18.5. The minimum atomic E-state index is -0.0458. The van der Waals surface area contributed by atoms with Gasteiger partial charge in [0.05, 0.1) is 11.8 Å². The topological polar surface area (TPSA) is 93.2 Å². The van der Waals surface area contributed by atoms with Gasteiger partial charge in [0.25, 0.3) is 5.91 Å². The van der Waals surface area contributed by atoms with Gasteiger partial charge in [-0.1, -0.05) is 19.3 Å². The number of likely N-dealkylation sites (tertiary alicyclic amines) is 1. The average molecular weight is 398 g/mol. The Morgan fingerprint density at radius 2 is 1.93 bits per heavy atom. The van der Waals surface area contributed by atoms with Crippen LogP contribution in [0.5, 0.6) is 0 Å². The Kier molecular flexibility index (Phi) is 8.10. The van der Waals surface area contributed by atoms with E-state index in [1.165, 1.54) is 19.3 Å². The van der Waals surface area contributed by atoms with Gasteiger partial charge in [-0.15, -0.1) is 12.4 Å². The number of nitrogens with two attached hydrogens (primary N) is 1. The number of carbonyl (C=O) groups excluding carboxylic acids is 2. The fraction of sp³-hybridized carbons (Fsp3) is 0.737. The third-order valence-electron chi connectivity index (χ3n) is 5.57. The van der Waals surface area contributed by atoms with Crippen molar-refractivity contribution < 1.29 is 9.59 Å². The largest absolute Gasteiger partial charge is 0.352 e. The van der Waals surface area contributed by atoms with Crippen LogP contribution in [0, 0.1) is 0 Å². The number of amides is 2. The molecule has 7 nitrogen and oxygen atoms in total. The van der Waals surface area contributed by atoms with Crippen LogP contribution in [-0.4, -0.2) is 51.2 Å². The molecule has 2 atom stereocenters. The van der Waals surface area contributed by atoms with Crippen molar-refractivity contribution >= 4 is 24.2 Å². The van der Waals surface area contributed by atoms with E-state index in [4.69, 9.17) is 5.73 Å². The minimum Gasteiger partial charge on any atom is -0.352 e. The quantitative estimate of drug-likeness (QED) is 0.795. The van der Waals surface area contributed by atoms with Gasteiger partial charge in [0.15, 0.2) is 0 Å². The van der Waals surface area contributed by atoms with Crippen LogP contribution >= 0.6 is 12.4 Å². The maximum absolute atomic E-state index is 12.8. The summed E-state index contributed by atoms with van der Waals surface area (Å²) < 4.78 is 1.55. The molecule has 152 valence electrons. The second-order valence-corrected chi connectivity index (χ2v) is 7.75. The molecule has 0 radical (unpaired) electrons. The maximum atomic E-state index is 12.8. The number of piperidine rings is 1. The van der Waals surface area contributed by atoms with Crippen molar-refractivity contribution in [3.05, 3.63) is 18.0 Å². The summed E-state index contributed by atoms with van der Waals surface area (Å²) in [7, 11) is 0. The lowest BCUT2D eigenvalue weighted by Gasteiger charge is -2.37. The Morgan fingerprint density at radius 3 is 2.63 bits per heavy atom. The molecule has 1 aliphatic heterocycles. The second-order valence-electron chi connectivity index (χ2n) is 7.75. The van der Waals surface area contributed by atoms with Gasteiger partial charge < -0.3 is 16.0 Å². The summed E-state index contributed by atoms with van der Waals surface area (Å²) in [4.78, 5) is 26.9. The highest BCUT2D eigenvalue weighted by Gasteiger charge is 2.30. The molecule has 27 heavy (non-hydrogen) atoms. The summed E-state index contributed by atoms with van der Waals surface area (Å²) in [5.41, 5.74) is 6.60. The number of carbonyl (C=O) groups is 2. The maximum Gasteiger partial charge on any atom is 0.257 e. The predicted molar refractivity (Wildman–Crippen MR) is 107 cm³/mol. The van der Waals surface area contributed by atoms with Crippen molar-refractivity contribution in [2.45, 2.75) is 83.0 Å². The van der Waals surface area contributed by atoms with E-state index in [0.29, 0.717) is 5.56 Å². The summed E-state index contributed by atoms with van der Waals surface area (Å²) in [5.74, 6) is -0.0728. The van der Waals surface area contributed by atoms with E-state index in [9.17, 15) is 9.59 Å². The highest BCUT2D eigenvalue weighted by Crippen LogP contribution is 2.21. The fourth-order valence-corrected chi connectivity index (χ4v) is 4.15. The molecule has 3 rings (SSSR count). The predicted octanol–water partition coefficient (Wildman–Crippen LogP) is 2.10. The standard InChI is InChI=1S/C19H31N5O2.ClH/c1-14(20)17-9-5-6-10-24(17)19(26)15-11-21-23(12-15)13-18(25)22-16-7-3-2-4-8-16;/h11-12,14,16-17H,2-10,13,20H2,1H3,(H,22,25);1H. The number of hydrogen-bond acceptors (Lipinski definition) is 4. The molecule has 1 aliphatic carbocycles. The first-order chi connectivity index (χ1) is 12.5. The smallest absolute Gasteiger partial charge is 0.257 e. The van der Waals surface area contributed by atoms with Crippen LogP contribution in [0.15, 0.2) is 12.4 Å². The van der Waals surface area contributed by atoms with Crippen molar-refractivity contribution in [1.29, 1.82) is 0 Å². The van der Waals surface area contributed by atoms with Crippen LogP contribution in [0.4, 0.5) is 0 Å². The van der Waals surface area contributed by atoms with E-state index in [-0.39, 0.29) is 48.9 Å². The Morgan fingerprint density at radius 1 is 1.22 bits per heavy atom. The first-order valence-corrected chi connectivity index (χ1v) is 9.93. The molecular formula is C19H32ClN5O2. The molecule has 2 fully saturated rings. The molecule has 0 bridgehead atoms. The number of halogens is 1. The molecule has 8 heteroatoms. The van der Waals surface area contributed by atoms with E-state index in [2.05, 4.69) is 10.4 Å². The molecular weight excluding hydrogens is 366 g/mol. The van der Waals surface area contributed by atoms with Gasteiger partial charge in [-0.25, -0.2) is 0 Å². The molecule has 1 aromatic rings. The average Bonchev–Trinajstić information content (AvgIpc) is 3.10. The molecule has 2 amide bonds. The van der Waals surface area contributed by atoms with Crippen LogP contribution in [0.1, 0.15) is 68.6 Å². The number of aromatic nitrogens is 2. The van der Waals surface area contributed by atoms with E-state index in [1.54, 1.807) is 17.1 Å². The first-order valence-electron chi connectivity index (χ1n) is 9.93. The Bertz CT molecular complexity index is 627. The third-order valence-corrected chi connectivity index (χ3v) is 5.57. The second kappa shape index (κ2) is 10.1. The van der Waals surface area contributed by atoms with Gasteiger partial charge in [-0.05, 0) is 39.0 Å². The van der Waals surface area contributed by atoms with Crippen molar-refractivity contribution in [2.24, 2.45) is 5.73 Å². The summed E-state index contributed by atoms with van der Waals surface area (Å²) in [6, 6.07) is 0.317. The monoisotopic (exact) mass is 397 g/mol. The molecule has 2 aliphatic rings. The van der Waals surface area contributed by atoms with Crippen molar-refractivity contribution in [3.8, 4) is 0 Å². The van der Waals surface area contributed by atoms with E-state index in [0.717, 1.165) is 38.6 Å². The summed E-state index contributed by atoms with van der Waals surface area (Å²) in [5, 5.41) is 7.29. The van der Waals surface area contributed by atoms with Crippen molar-refractivity contribution in [3.63, 3.8) is 0 Å². The number of hydrogen-bond donors (Lipinski definition) is 2. The lowest BCUT2D eigenvalue weighted by Crippen LogP contribution is -2.51. The van der Waals surface area contributed by atoms with Crippen LogP contribution in [-0.2, 0) is 11.3 Å². The third kappa shape index (κ3) is 5.69. The van der Waals surface area contributed by atoms with Gasteiger partial charge >= 0.3 is 0 Å². The van der Waals surface area contributed by atoms with E-state index in [1.807, 2.05) is 11.8 Å². The van der Waals surface area contributed by atoms with Gasteiger partial charge in [0.2, 0.25) is 5.91 Å². The number of nitrogens with zero attached hydrogens (tertiary/aromatic N) is 3. The molecule has 0 aromatic carbocycles. The van der Waals surface area contributed by atoms with Crippen LogP contribution < -0.4 is 11.1 Å². The van der Waals surface area contributed by atoms with Crippen LogP contribution in [0.2, 0.25) is 0 Å². The highest BCUT2D eigenvalue weighted by molar-refractivity contribution is 5.94. The molecule has 3 N–H and O–H groups in total. The SMILES string of the molecule is CC(N)C1CCCCN1C(=O)c1cnn(CC(=O)NC2CCCCC2)c1.Cl.